The van der Waals surface area contributed by atoms with E-state index < -0.39 is 10.0 Å². The molecular weight excluding hydrogens is 304 g/mol. The molecule has 1 aromatic rings. The van der Waals surface area contributed by atoms with Gasteiger partial charge in [-0.05, 0) is 44.7 Å². The maximum Gasteiger partial charge on any atom is 0.253 e. The molecule has 6 nitrogen and oxygen atoms in total. The largest absolute Gasteiger partial charge is 0.381 e. The van der Waals surface area contributed by atoms with E-state index in [0.717, 1.165) is 13.0 Å². The fourth-order valence-electron chi connectivity index (χ4n) is 2.47. The van der Waals surface area contributed by atoms with Gasteiger partial charge in [-0.2, -0.15) is 0 Å². The van der Waals surface area contributed by atoms with E-state index in [2.05, 4.69) is 4.72 Å². The summed E-state index contributed by atoms with van der Waals surface area (Å²) in [6, 6.07) is 6.01. The summed E-state index contributed by atoms with van der Waals surface area (Å²) in [6.07, 6.45) is 0.975. The van der Waals surface area contributed by atoms with Crippen molar-refractivity contribution < 1.29 is 17.9 Å². The fraction of sp³-hybridized carbons (Fsp3) is 0.533. The van der Waals surface area contributed by atoms with Gasteiger partial charge in [-0.3, -0.25) is 4.79 Å². The van der Waals surface area contributed by atoms with Gasteiger partial charge in [0.1, 0.15) is 0 Å². The van der Waals surface area contributed by atoms with Gasteiger partial charge < -0.3 is 9.64 Å². The number of ether oxygens (including phenoxy) is 1. The molecule has 1 atom stereocenters. The van der Waals surface area contributed by atoms with Gasteiger partial charge >= 0.3 is 0 Å². The molecule has 22 heavy (non-hydrogen) atoms. The number of carbonyl (C=O) groups excluding carboxylic acids is 1. The van der Waals surface area contributed by atoms with Crippen molar-refractivity contribution in [3.8, 4) is 0 Å². The number of amides is 1. The number of nitrogens with zero attached hydrogens (tertiary/aromatic N) is 1. The lowest BCUT2D eigenvalue weighted by molar-refractivity contribution is 0.0730. The van der Waals surface area contributed by atoms with Crippen molar-refractivity contribution in [2.45, 2.75) is 18.2 Å². The molecule has 7 heteroatoms. The van der Waals surface area contributed by atoms with E-state index in [1.165, 1.54) is 19.2 Å². The maximum atomic E-state index is 12.5. The van der Waals surface area contributed by atoms with Crippen LogP contribution in [0.25, 0.3) is 0 Å². The predicted octanol–water partition coefficient (Wildman–Crippen LogP) is 1.09. The van der Waals surface area contributed by atoms with Crippen LogP contribution in [0.1, 0.15) is 23.7 Å². The molecule has 0 radical (unpaired) electrons. The van der Waals surface area contributed by atoms with Gasteiger partial charge in [0.05, 0.1) is 11.5 Å². The summed E-state index contributed by atoms with van der Waals surface area (Å²) in [4.78, 5) is 14.4. The van der Waals surface area contributed by atoms with E-state index in [4.69, 9.17) is 4.74 Å². The van der Waals surface area contributed by atoms with E-state index in [0.29, 0.717) is 31.2 Å². The average Bonchev–Trinajstić information content (AvgIpc) is 3.05. The van der Waals surface area contributed by atoms with Gasteiger partial charge in [0, 0.05) is 31.2 Å². The Morgan fingerprint density at radius 1 is 1.36 bits per heavy atom. The Hall–Kier alpha value is -1.44. The molecular formula is C15H22N2O4S. The molecule has 0 spiro atoms. The Labute approximate surface area is 131 Å². The summed E-state index contributed by atoms with van der Waals surface area (Å²) in [5, 5.41) is 0. The predicted molar refractivity (Wildman–Crippen MR) is 83.2 cm³/mol. The van der Waals surface area contributed by atoms with Gasteiger partial charge in [0.15, 0.2) is 0 Å². The number of rotatable bonds is 6. The first-order valence-electron chi connectivity index (χ1n) is 7.38. The molecule has 1 aromatic carbocycles. The normalized spacial score (nSPS) is 18.4. The van der Waals surface area contributed by atoms with Gasteiger partial charge in [0.2, 0.25) is 10.0 Å². The number of carbonyl (C=O) groups is 1. The lowest BCUT2D eigenvalue weighted by Gasteiger charge is -2.23. The second-order valence-electron chi connectivity index (χ2n) is 5.31. The molecule has 1 unspecified atom stereocenters. The van der Waals surface area contributed by atoms with Crippen molar-refractivity contribution in [1.82, 2.24) is 9.62 Å². The van der Waals surface area contributed by atoms with E-state index >= 15 is 0 Å². The summed E-state index contributed by atoms with van der Waals surface area (Å²) in [5.41, 5.74) is 0.496. The van der Waals surface area contributed by atoms with Crippen molar-refractivity contribution in [1.29, 1.82) is 0 Å². The minimum Gasteiger partial charge on any atom is -0.381 e. The van der Waals surface area contributed by atoms with Crippen molar-refractivity contribution >= 4 is 15.9 Å². The Morgan fingerprint density at radius 3 is 2.55 bits per heavy atom. The van der Waals surface area contributed by atoms with Crippen LogP contribution in [-0.2, 0) is 14.8 Å². The third kappa shape index (κ3) is 3.85. The molecule has 1 amide bonds. The second-order valence-corrected chi connectivity index (χ2v) is 7.19. The van der Waals surface area contributed by atoms with E-state index in [1.54, 1.807) is 17.0 Å². The molecule has 1 N–H and O–H groups in total. The summed E-state index contributed by atoms with van der Waals surface area (Å²) < 4.78 is 31.0. The molecule has 1 fully saturated rings. The zero-order chi connectivity index (χ0) is 16.2. The lowest BCUT2D eigenvalue weighted by Crippen LogP contribution is -2.35. The highest BCUT2D eigenvalue weighted by Gasteiger charge is 2.22. The van der Waals surface area contributed by atoms with Crippen molar-refractivity contribution in [2.24, 2.45) is 5.92 Å². The Bertz CT molecular complexity index is 607. The topological polar surface area (TPSA) is 75.7 Å². The minimum atomic E-state index is -3.48. The molecule has 1 saturated heterocycles. The number of hydrogen-bond acceptors (Lipinski definition) is 4. The molecule has 0 bridgehead atoms. The molecule has 2 rings (SSSR count). The molecule has 0 aromatic heterocycles. The SMILES string of the molecule is CCN(CC1CCOC1)C(=O)c1ccc(S(=O)(=O)NC)cc1. The third-order valence-electron chi connectivity index (χ3n) is 3.85. The van der Waals surface area contributed by atoms with Crippen LogP contribution in [-0.4, -0.2) is 52.6 Å². The highest BCUT2D eigenvalue weighted by Crippen LogP contribution is 2.17. The smallest absolute Gasteiger partial charge is 0.253 e. The van der Waals surface area contributed by atoms with Gasteiger partial charge in [-0.1, -0.05) is 0 Å². The first-order valence-corrected chi connectivity index (χ1v) is 8.87. The zero-order valence-corrected chi connectivity index (χ0v) is 13.7. The number of hydrogen-bond donors (Lipinski definition) is 1. The number of benzene rings is 1. The molecule has 0 aliphatic carbocycles. The van der Waals surface area contributed by atoms with Gasteiger partial charge in [-0.15, -0.1) is 0 Å². The van der Waals surface area contributed by atoms with Gasteiger partial charge in [0.25, 0.3) is 5.91 Å². The molecule has 0 saturated carbocycles. The molecule has 1 heterocycles. The first kappa shape index (κ1) is 16.9. The van der Waals surface area contributed by atoms with Crippen LogP contribution >= 0.6 is 0 Å². The minimum absolute atomic E-state index is 0.0807. The molecule has 122 valence electrons. The van der Waals surface area contributed by atoms with Crippen LogP contribution in [0.15, 0.2) is 29.2 Å². The Balaban J connectivity index is 2.10. The highest BCUT2D eigenvalue weighted by molar-refractivity contribution is 7.89. The quantitative estimate of drug-likeness (QED) is 0.849. The summed E-state index contributed by atoms with van der Waals surface area (Å²) in [5.74, 6) is 0.302. The average molecular weight is 326 g/mol. The summed E-state index contributed by atoms with van der Waals surface area (Å²) in [7, 11) is -2.12. The molecule has 1 aliphatic heterocycles. The van der Waals surface area contributed by atoms with E-state index in [-0.39, 0.29) is 10.8 Å². The van der Waals surface area contributed by atoms with Crippen molar-refractivity contribution in [3.63, 3.8) is 0 Å². The van der Waals surface area contributed by atoms with E-state index in [1.807, 2.05) is 6.92 Å². The first-order chi connectivity index (χ1) is 10.5. The second kappa shape index (κ2) is 7.21. The van der Waals surface area contributed by atoms with Crippen LogP contribution in [0.3, 0.4) is 0 Å². The standard InChI is InChI=1S/C15H22N2O4S/c1-3-17(10-12-8-9-21-11-12)15(18)13-4-6-14(7-5-13)22(19,20)16-2/h4-7,12,16H,3,8-11H2,1-2H3. The summed E-state index contributed by atoms with van der Waals surface area (Å²) >= 11 is 0. The third-order valence-corrected chi connectivity index (χ3v) is 5.28. The number of sulfonamides is 1. The number of nitrogens with one attached hydrogen (secondary N) is 1. The monoisotopic (exact) mass is 326 g/mol. The zero-order valence-electron chi connectivity index (χ0n) is 12.9. The van der Waals surface area contributed by atoms with Crippen molar-refractivity contribution in [2.75, 3.05) is 33.4 Å². The van der Waals surface area contributed by atoms with Crippen LogP contribution < -0.4 is 4.72 Å². The molecule has 1 aliphatic rings. The Morgan fingerprint density at radius 2 is 2.05 bits per heavy atom. The highest BCUT2D eigenvalue weighted by atomic mass is 32.2. The van der Waals surface area contributed by atoms with Crippen LogP contribution in [0.4, 0.5) is 0 Å². The van der Waals surface area contributed by atoms with Crippen LogP contribution in [0.2, 0.25) is 0 Å². The van der Waals surface area contributed by atoms with Gasteiger partial charge in [-0.25, -0.2) is 13.1 Å². The maximum absolute atomic E-state index is 12.5. The summed E-state index contributed by atoms with van der Waals surface area (Å²) in [6.45, 7) is 4.68. The lowest BCUT2D eigenvalue weighted by atomic mass is 10.1. The van der Waals surface area contributed by atoms with Crippen LogP contribution in [0, 0.1) is 5.92 Å². The van der Waals surface area contributed by atoms with Crippen molar-refractivity contribution in [3.05, 3.63) is 29.8 Å². The fourth-order valence-corrected chi connectivity index (χ4v) is 3.20. The van der Waals surface area contributed by atoms with Crippen LogP contribution in [0.5, 0.6) is 0 Å². The van der Waals surface area contributed by atoms with E-state index in [9.17, 15) is 13.2 Å². The Kier molecular flexibility index (Phi) is 5.55.